The van der Waals surface area contributed by atoms with E-state index >= 15 is 0 Å². The summed E-state index contributed by atoms with van der Waals surface area (Å²) in [5.41, 5.74) is 0.937. The predicted molar refractivity (Wildman–Crippen MR) is 140 cm³/mol. The van der Waals surface area contributed by atoms with Gasteiger partial charge in [-0.05, 0) is 45.5 Å². The van der Waals surface area contributed by atoms with Crippen LogP contribution < -0.4 is 19.9 Å². The highest BCUT2D eigenvalue weighted by Crippen LogP contribution is 2.36. The van der Waals surface area contributed by atoms with Crippen LogP contribution in [0, 0.1) is 0 Å². The minimum atomic E-state index is -0.553. The Morgan fingerprint density at radius 1 is 1.14 bits per heavy atom. The van der Waals surface area contributed by atoms with Crippen LogP contribution in [-0.2, 0) is 0 Å². The summed E-state index contributed by atoms with van der Waals surface area (Å²) in [6, 6.07) is 11.8. The van der Waals surface area contributed by atoms with Crippen LogP contribution >= 0.6 is 0 Å². The van der Waals surface area contributed by atoms with Crippen molar-refractivity contribution in [3.63, 3.8) is 0 Å². The number of hydrogen-bond donors (Lipinski definition) is 2. The van der Waals surface area contributed by atoms with Crippen LogP contribution in [0.1, 0.15) is 38.5 Å². The van der Waals surface area contributed by atoms with Gasteiger partial charge in [-0.25, -0.2) is 9.97 Å². The number of fused-ring (bicyclic) bond motifs is 2. The number of hydrogen-bond acceptors (Lipinski definition) is 8. The summed E-state index contributed by atoms with van der Waals surface area (Å²) in [5, 5.41) is 13.0. The first kappa shape index (κ1) is 24.3. The molecule has 0 spiro atoms. The Bertz CT molecular complexity index is 995. The van der Waals surface area contributed by atoms with Crippen molar-refractivity contribution in [2.24, 2.45) is 0 Å². The number of nitrogens with zero attached hydrogens (tertiary/aromatic N) is 5. The Morgan fingerprint density at radius 3 is 2.69 bits per heavy atom. The van der Waals surface area contributed by atoms with Gasteiger partial charge in [-0.2, -0.15) is 0 Å². The highest BCUT2D eigenvalue weighted by atomic mass is 16.5. The molecule has 1 unspecified atom stereocenters. The van der Waals surface area contributed by atoms with Crippen molar-refractivity contribution >= 4 is 11.6 Å². The molecule has 3 fully saturated rings. The predicted octanol–water partition coefficient (Wildman–Crippen LogP) is 2.76. The number of rotatable bonds is 9. The van der Waals surface area contributed by atoms with Crippen molar-refractivity contribution in [1.82, 2.24) is 20.2 Å². The van der Waals surface area contributed by atoms with Gasteiger partial charge < -0.3 is 25.0 Å². The maximum Gasteiger partial charge on any atom is 0.163 e. The first-order valence-electron chi connectivity index (χ1n) is 13.2. The number of piperazine rings is 1. The molecule has 2 aliphatic heterocycles. The van der Waals surface area contributed by atoms with Gasteiger partial charge in [0.15, 0.2) is 5.82 Å². The lowest BCUT2D eigenvalue weighted by Gasteiger charge is -2.35. The lowest BCUT2D eigenvalue weighted by atomic mass is 9.94. The Labute approximate surface area is 209 Å². The average Bonchev–Trinajstić information content (AvgIpc) is 3.47. The molecule has 2 aromatic rings. The van der Waals surface area contributed by atoms with Crippen molar-refractivity contribution in [2.45, 2.75) is 62.8 Å². The maximum atomic E-state index is 10.0. The molecule has 2 N–H and O–H groups in total. The third kappa shape index (κ3) is 5.39. The van der Waals surface area contributed by atoms with E-state index in [4.69, 9.17) is 14.7 Å². The number of ether oxygens (including phenoxy) is 1. The zero-order valence-electron chi connectivity index (χ0n) is 21.4. The van der Waals surface area contributed by atoms with E-state index in [1.54, 1.807) is 0 Å². The van der Waals surface area contributed by atoms with Gasteiger partial charge in [0.2, 0.25) is 0 Å². The van der Waals surface area contributed by atoms with Crippen molar-refractivity contribution < 1.29 is 9.84 Å². The molecule has 3 atom stereocenters. The van der Waals surface area contributed by atoms with Crippen LogP contribution in [0.4, 0.5) is 11.6 Å². The largest absolute Gasteiger partial charge is 0.491 e. The van der Waals surface area contributed by atoms with Gasteiger partial charge in [0.05, 0.1) is 0 Å². The van der Waals surface area contributed by atoms with Gasteiger partial charge in [0.25, 0.3) is 0 Å². The molecule has 3 aliphatic rings. The van der Waals surface area contributed by atoms with E-state index in [1.807, 2.05) is 31.3 Å². The molecule has 1 aromatic heterocycles. The van der Waals surface area contributed by atoms with Crippen LogP contribution in [0.2, 0.25) is 0 Å². The van der Waals surface area contributed by atoms with E-state index in [0.717, 1.165) is 41.9 Å². The third-order valence-corrected chi connectivity index (χ3v) is 7.97. The van der Waals surface area contributed by atoms with E-state index < -0.39 is 6.10 Å². The molecule has 2 bridgehead atoms. The first-order valence-corrected chi connectivity index (χ1v) is 13.2. The summed E-state index contributed by atoms with van der Waals surface area (Å²) in [5.74, 6) is 3.49. The number of aliphatic hydroxyl groups is 1. The molecule has 8 nitrogen and oxygen atoms in total. The fourth-order valence-electron chi connectivity index (χ4n) is 5.89. The molecule has 1 saturated carbocycles. The van der Waals surface area contributed by atoms with Crippen LogP contribution in [0.15, 0.2) is 30.3 Å². The van der Waals surface area contributed by atoms with E-state index in [2.05, 4.69) is 40.2 Å². The minimum Gasteiger partial charge on any atom is -0.491 e. The zero-order valence-corrected chi connectivity index (χ0v) is 21.4. The molecule has 190 valence electrons. The molecule has 3 heterocycles. The molecule has 1 aromatic carbocycles. The zero-order chi connectivity index (χ0) is 24.4. The van der Waals surface area contributed by atoms with Crippen molar-refractivity contribution in [1.29, 1.82) is 0 Å². The Morgan fingerprint density at radius 2 is 1.97 bits per heavy atom. The number of anilines is 2. The fourth-order valence-corrected chi connectivity index (χ4v) is 5.89. The summed E-state index contributed by atoms with van der Waals surface area (Å²) >= 11 is 0. The van der Waals surface area contributed by atoms with Gasteiger partial charge >= 0.3 is 0 Å². The molecule has 0 radical (unpaired) electrons. The van der Waals surface area contributed by atoms with Gasteiger partial charge in [-0.1, -0.05) is 31.4 Å². The molecule has 1 aliphatic carbocycles. The van der Waals surface area contributed by atoms with Crippen molar-refractivity contribution in [2.75, 3.05) is 57.2 Å². The van der Waals surface area contributed by atoms with Crippen molar-refractivity contribution in [3.8, 4) is 17.1 Å². The molecule has 35 heavy (non-hydrogen) atoms. The third-order valence-electron chi connectivity index (χ3n) is 7.97. The summed E-state index contributed by atoms with van der Waals surface area (Å²) in [6.45, 7) is 2.85. The van der Waals surface area contributed by atoms with E-state index in [1.165, 1.54) is 38.5 Å². The number of aliphatic hydroxyl groups excluding tert-OH is 1. The quantitative estimate of drug-likeness (QED) is 0.568. The number of benzene rings is 1. The minimum absolute atomic E-state index is 0.241. The molecular weight excluding hydrogens is 440 g/mol. The van der Waals surface area contributed by atoms with Gasteiger partial charge in [-0.15, -0.1) is 0 Å². The fraction of sp³-hybridized carbons (Fsp3) is 0.630. The summed E-state index contributed by atoms with van der Waals surface area (Å²) in [7, 11) is 6.24. The van der Waals surface area contributed by atoms with E-state index in [0.29, 0.717) is 24.7 Å². The highest BCUT2D eigenvalue weighted by molar-refractivity contribution is 5.64. The maximum absolute atomic E-state index is 10.0. The number of nitrogens with one attached hydrogen (secondary N) is 1. The number of aromatic nitrogens is 2. The molecule has 5 rings (SSSR count). The Hall–Kier alpha value is -2.42. The Kier molecular flexibility index (Phi) is 7.41. The normalized spacial score (nSPS) is 23.6. The molecule has 2 saturated heterocycles. The van der Waals surface area contributed by atoms with Gasteiger partial charge in [-0.3, -0.25) is 4.90 Å². The Balaban J connectivity index is 1.44. The van der Waals surface area contributed by atoms with Crippen LogP contribution in [-0.4, -0.2) is 91.6 Å². The first-order chi connectivity index (χ1) is 17.0. The SMILES string of the molecule is CNCC(O)COc1cccc(-c2nc(N(C)C3CCCCC3)cc(N3C[C@@H]4C[C@H]3CN4C)n2)c1. The smallest absolute Gasteiger partial charge is 0.163 e. The monoisotopic (exact) mass is 480 g/mol. The summed E-state index contributed by atoms with van der Waals surface area (Å²) in [6.07, 6.45) is 7.03. The van der Waals surface area contributed by atoms with Gasteiger partial charge in [0.1, 0.15) is 30.1 Å². The second-order valence-electron chi connectivity index (χ2n) is 10.5. The topological polar surface area (TPSA) is 77.0 Å². The van der Waals surface area contributed by atoms with E-state index in [9.17, 15) is 5.11 Å². The highest BCUT2D eigenvalue weighted by Gasteiger charge is 2.42. The lowest BCUT2D eigenvalue weighted by Crippen LogP contribution is -2.45. The second kappa shape index (κ2) is 10.7. The second-order valence-corrected chi connectivity index (χ2v) is 10.5. The summed E-state index contributed by atoms with van der Waals surface area (Å²) in [4.78, 5) is 17.5. The molecule has 0 amide bonds. The standard InChI is InChI=1S/C27H40N6O2/c1-28-15-23(34)18-35-24-11-7-8-19(12-24)27-29-25(32(3)20-9-5-4-6-10-20)14-26(30-27)33-17-21-13-22(33)16-31(21)2/h7-8,11-12,14,20-23,28,34H,4-6,9-10,13,15-18H2,1-3H3/t21-,22-,23?/m0/s1. The summed E-state index contributed by atoms with van der Waals surface area (Å²) < 4.78 is 5.87. The van der Waals surface area contributed by atoms with E-state index in [-0.39, 0.29) is 6.61 Å². The lowest BCUT2D eigenvalue weighted by molar-refractivity contribution is 0.108. The number of likely N-dealkylation sites (tertiary alicyclic amines) is 1. The average molecular weight is 481 g/mol. The van der Waals surface area contributed by atoms with Crippen LogP contribution in [0.25, 0.3) is 11.4 Å². The molecular formula is C27H40N6O2. The van der Waals surface area contributed by atoms with Crippen molar-refractivity contribution in [3.05, 3.63) is 30.3 Å². The molecule has 8 heteroatoms. The number of likely N-dealkylation sites (N-methyl/N-ethyl adjacent to an activating group) is 2. The van der Waals surface area contributed by atoms with Crippen LogP contribution in [0.5, 0.6) is 5.75 Å². The van der Waals surface area contributed by atoms with Crippen LogP contribution in [0.3, 0.4) is 0 Å². The van der Waals surface area contributed by atoms with Gasteiger partial charge in [0, 0.05) is 56.4 Å².